The summed E-state index contributed by atoms with van der Waals surface area (Å²) >= 11 is 0. The third kappa shape index (κ3) is 3.88. The number of rotatable bonds is 4. The van der Waals surface area contributed by atoms with Crippen LogP contribution in [-0.4, -0.2) is 36.2 Å². The number of carbonyl (C=O) groups is 4. The summed E-state index contributed by atoms with van der Waals surface area (Å²) in [6, 6.07) is 0. The van der Waals surface area contributed by atoms with E-state index in [4.69, 9.17) is 9.47 Å². The lowest BCUT2D eigenvalue weighted by atomic mass is 9.34. The summed E-state index contributed by atoms with van der Waals surface area (Å²) in [7, 11) is 0. The Kier molecular flexibility index (Phi) is 6.78. The quantitative estimate of drug-likeness (QED) is 0.370. The first-order valence-corrected chi connectivity index (χ1v) is 13.9. The summed E-state index contributed by atoms with van der Waals surface area (Å²) in [5.74, 6) is -1.49. The lowest BCUT2D eigenvalue weighted by Gasteiger charge is -2.71. The van der Waals surface area contributed by atoms with E-state index >= 15 is 0 Å². The van der Waals surface area contributed by atoms with E-state index in [0.29, 0.717) is 24.7 Å². The first-order chi connectivity index (χ1) is 16.6. The number of Topliss-reactive ketones (excluding diaryl/α,β-unsaturated/α-hetero) is 1. The van der Waals surface area contributed by atoms with E-state index in [1.165, 1.54) is 33.6 Å². The normalized spacial score (nSPS) is 47.4. The molecule has 4 aliphatic rings. The zero-order chi connectivity index (χ0) is 26.8. The summed E-state index contributed by atoms with van der Waals surface area (Å²) in [5, 5.41) is 0. The highest BCUT2D eigenvalue weighted by molar-refractivity contribution is 5.83. The topological polar surface area (TPSA) is 86.7 Å². The molecule has 4 rings (SSSR count). The van der Waals surface area contributed by atoms with Crippen molar-refractivity contribution in [2.45, 2.75) is 113 Å². The molecule has 0 saturated heterocycles. The highest BCUT2D eigenvalue weighted by atomic mass is 16.5. The highest BCUT2D eigenvalue weighted by Gasteiger charge is 2.71. The van der Waals surface area contributed by atoms with E-state index in [-0.39, 0.29) is 33.9 Å². The van der Waals surface area contributed by atoms with Gasteiger partial charge in [0.25, 0.3) is 0 Å². The van der Waals surface area contributed by atoms with Crippen LogP contribution < -0.4 is 0 Å². The van der Waals surface area contributed by atoms with Gasteiger partial charge in [0, 0.05) is 25.2 Å². The first-order valence-electron chi connectivity index (χ1n) is 13.9. The number of hydrogen-bond acceptors (Lipinski definition) is 6. The van der Waals surface area contributed by atoms with Crippen LogP contribution in [0.3, 0.4) is 0 Å². The molecule has 0 aromatic carbocycles. The van der Waals surface area contributed by atoms with Gasteiger partial charge in [-0.2, -0.15) is 0 Å². The number of carbonyl (C=O) groups excluding carboxylic acids is 4. The molecule has 6 nitrogen and oxygen atoms in total. The molecule has 4 aliphatic carbocycles. The Bertz CT molecular complexity index is 940. The van der Waals surface area contributed by atoms with Crippen molar-refractivity contribution in [2.24, 2.45) is 51.2 Å². The fraction of sp³-hybridized carbons (Fsp3) is 0.867. The number of ketones is 1. The van der Waals surface area contributed by atoms with Gasteiger partial charge in [0.2, 0.25) is 0 Å². The Balaban J connectivity index is 1.88. The van der Waals surface area contributed by atoms with E-state index < -0.39 is 35.4 Å². The van der Waals surface area contributed by atoms with Gasteiger partial charge in [-0.1, -0.05) is 41.0 Å². The average molecular weight is 503 g/mol. The summed E-state index contributed by atoms with van der Waals surface area (Å²) in [6.45, 7) is 16.0. The molecule has 0 bridgehead atoms. The van der Waals surface area contributed by atoms with Crippen molar-refractivity contribution >= 4 is 24.0 Å². The average Bonchev–Trinajstić information content (AvgIpc) is 2.73. The minimum atomic E-state index is -0.730. The van der Waals surface area contributed by atoms with Gasteiger partial charge in [-0.25, -0.2) is 0 Å². The number of aldehydes is 1. The fourth-order valence-electron chi connectivity index (χ4n) is 10.5. The smallest absolute Gasteiger partial charge is 0.302 e. The van der Waals surface area contributed by atoms with Gasteiger partial charge >= 0.3 is 11.9 Å². The molecule has 0 radical (unpaired) electrons. The Hall–Kier alpha value is -1.72. The molecule has 0 aromatic heterocycles. The Morgan fingerprint density at radius 3 is 1.94 bits per heavy atom. The summed E-state index contributed by atoms with van der Waals surface area (Å²) < 4.78 is 11.9. The molecule has 4 fully saturated rings. The second-order valence-electron chi connectivity index (χ2n) is 13.9. The molecule has 0 N–H and O–H groups in total. The molecule has 4 saturated carbocycles. The zero-order valence-corrected chi connectivity index (χ0v) is 23.5. The Morgan fingerprint density at radius 1 is 0.778 bits per heavy atom. The summed E-state index contributed by atoms with van der Waals surface area (Å²) in [6.07, 6.45) is 6.71. The summed E-state index contributed by atoms with van der Waals surface area (Å²) in [4.78, 5) is 50.2. The standard InChI is InChI=1S/C30H46O6/c1-17(32)26-20(16-31)30(8)24(14-21(26)35-18(2)33)29(7)13-10-22-27(4,5)11-9-12-28(22,6)23(29)15-25(30)36-19(3)34/h16,20-26H,9-15H2,1-8H3/t20?,21-,22?,23?,24?,25+,26+,28+,29-,30-/m1/s1. The van der Waals surface area contributed by atoms with Crippen molar-refractivity contribution in [3.05, 3.63) is 0 Å². The second-order valence-corrected chi connectivity index (χ2v) is 13.9. The monoisotopic (exact) mass is 502 g/mol. The molecule has 0 aliphatic heterocycles. The predicted molar refractivity (Wildman–Crippen MR) is 136 cm³/mol. The Morgan fingerprint density at radius 2 is 1.39 bits per heavy atom. The number of ether oxygens (including phenoxy) is 2. The van der Waals surface area contributed by atoms with Gasteiger partial charge in [0.05, 0.1) is 5.92 Å². The molecule has 36 heavy (non-hydrogen) atoms. The third-order valence-corrected chi connectivity index (χ3v) is 11.7. The molecule has 0 amide bonds. The molecule has 0 aromatic rings. The molecule has 10 atom stereocenters. The predicted octanol–water partition coefficient (Wildman–Crippen LogP) is 5.55. The maximum atomic E-state index is 12.9. The van der Waals surface area contributed by atoms with Crippen molar-refractivity contribution in [2.75, 3.05) is 0 Å². The molecule has 0 heterocycles. The van der Waals surface area contributed by atoms with Gasteiger partial charge in [-0.15, -0.1) is 0 Å². The van der Waals surface area contributed by atoms with Crippen LogP contribution in [-0.2, 0) is 28.7 Å². The van der Waals surface area contributed by atoms with Gasteiger partial charge in [-0.05, 0) is 79.4 Å². The van der Waals surface area contributed by atoms with Crippen molar-refractivity contribution < 1.29 is 28.7 Å². The molecule has 4 unspecified atom stereocenters. The Labute approximate surface area is 216 Å². The van der Waals surface area contributed by atoms with E-state index in [9.17, 15) is 19.2 Å². The van der Waals surface area contributed by atoms with Crippen LogP contribution in [0.25, 0.3) is 0 Å². The van der Waals surface area contributed by atoms with Crippen LogP contribution in [0.2, 0.25) is 0 Å². The minimum absolute atomic E-state index is 0.0222. The number of hydrogen-bond donors (Lipinski definition) is 0. The maximum absolute atomic E-state index is 12.9. The first kappa shape index (κ1) is 27.3. The lowest BCUT2D eigenvalue weighted by Crippen LogP contribution is -2.70. The van der Waals surface area contributed by atoms with E-state index in [1.807, 2.05) is 0 Å². The molecule has 6 heteroatoms. The van der Waals surface area contributed by atoms with Crippen molar-refractivity contribution in [1.29, 1.82) is 0 Å². The van der Waals surface area contributed by atoms with Gasteiger partial charge in [-0.3, -0.25) is 14.4 Å². The molecule has 202 valence electrons. The van der Waals surface area contributed by atoms with Gasteiger partial charge in [0.15, 0.2) is 0 Å². The van der Waals surface area contributed by atoms with Gasteiger partial charge < -0.3 is 14.3 Å². The lowest BCUT2D eigenvalue weighted by molar-refractivity contribution is -0.262. The van der Waals surface area contributed by atoms with Crippen LogP contribution >= 0.6 is 0 Å². The molecular formula is C30H46O6. The van der Waals surface area contributed by atoms with Crippen LogP contribution in [0.4, 0.5) is 0 Å². The van der Waals surface area contributed by atoms with E-state index in [1.54, 1.807) is 0 Å². The van der Waals surface area contributed by atoms with Crippen molar-refractivity contribution in [3.8, 4) is 0 Å². The fourth-order valence-corrected chi connectivity index (χ4v) is 10.5. The second kappa shape index (κ2) is 8.94. The van der Waals surface area contributed by atoms with Crippen LogP contribution in [0, 0.1) is 51.2 Å². The van der Waals surface area contributed by atoms with Crippen molar-refractivity contribution in [3.63, 3.8) is 0 Å². The number of fused-ring (bicyclic) bond motifs is 5. The highest BCUT2D eigenvalue weighted by Crippen LogP contribution is 2.73. The van der Waals surface area contributed by atoms with Crippen LogP contribution in [0.1, 0.15) is 100 Å². The largest absolute Gasteiger partial charge is 0.462 e. The SMILES string of the molecule is CC(=O)O[C@H]1CC2[C@@]3(C)CCCC(C)(C)C3CC[C@@]2(C)C2C[C@@H](OC(C)=O)[C@@H](C(C)=O)C(C=O)[C@]21C. The molecule has 0 spiro atoms. The van der Waals surface area contributed by atoms with E-state index in [2.05, 4.69) is 34.6 Å². The minimum Gasteiger partial charge on any atom is -0.462 e. The van der Waals surface area contributed by atoms with Crippen LogP contribution in [0.5, 0.6) is 0 Å². The van der Waals surface area contributed by atoms with Crippen LogP contribution in [0.15, 0.2) is 0 Å². The third-order valence-electron chi connectivity index (χ3n) is 11.7. The summed E-state index contributed by atoms with van der Waals surface area (Å²) in [5.41, 5.74) is -0.478. The number of esters is 2. The maximum Gasteiger partial charge on any atom is 0.302 e. The molecular weight excluding hydrogens is 456 g/mol. The van der Waals surface area contributed by atoms with Gasteiger partial charge in [0.1, 0.15) is 24.3 Å². The van der Waals surface area contributed by atoms with E-state index in [0.717, 1.165) is 25.5 Å². The zero-order valence-electron chi connectivity index (χ0n) is 23.5. The van der Waals surface area contributed by atoms with Crippen molar-refractivity contribution in [1.82, 2.24) is 0 Å².